The van der Waals surface area contributed by atoms with Gasteiger partial charge in [0.25, 0.3) is 0 Å². The third-order valence-electron chi connectivity index (χ3n) is 6.60. The van der Waals surface area contributed by atoms with Crippen LogP contribution in [0, 0.1) is 6.92 Å². The number of ether oxygens (including phenoxy) is 3. The van der Waals surface area contributed by atoms with Gasteiger partial charge in [0.15, 0.2) is 5.78 Å². The number of likely N-dealkylation sites (tertiary alicyclic amines) is 1. The first-order valence-corrected chi connectivity index (χ1v) is 11.1. The largest absolute Gasteiger partial charge is 0.496 e. The van der Waals surface area contributed by atoms with Gasteiger partial charge in [-0.15, -0.1) is 0 Å². The van der Waals surface area contributed by atoms with Gasteiger partial charge in [0, 0.05) is 17.9 Å². The van der Waals surface area contributed by atoms with Crippen LogP contribution in [0.1, 0.15) is 44.2 Å². The standard InChI is InChI=1S/C23H33N3O6/c1-6-31-21(28)24-26(22(29)32-7-2)19-17(27)10-11-23(12-13-25(4)20(19)23)16-8-9-18(30-5)15(3)14-16/h8-9,14,19-20H,6-7,10-13H2,1-5H3,(H,24,28)/t19-,20+,23?/m1/s1. The molecule has 32 heavy (non-hydrogen) atoms. The predicted molar refractivity (Wildman–Crippen MR) is 117 cm³/mol. The fraction of sp³-hybridized carbons (Fsp3) is 0.609. The van der Waals surface area contributed by atoms with Gasteiger partial charge in [-0.25, -0.2) is 20.0 Å². The number of hydrogen-bond donors (Lipinski definition) is 1. The summed E-state index contributed by atoms with van der Waals surface area (Å²) in [5.74, 6) is 0.683. The number of carbonyl (C=O) groups is 3. The maximum Gasteiger partial charge on any atom is 0.429 e. The van der Waals surface area contributed by atoms with Gasteiger partial charge in [-0.1, -0.05) is 12.1 Å². The van der Waals surface area contributed by atoms with Gasteiger partial charge in [-0.2, -0.15) is 0 Å². The van der Waals surface area contributed by atoms with Crippen LogP contribution in [-0.2, 0) is 19.7 Å². The number of nitrogens with one attached hydrogen (secondary N) is 1. The van der Waals surface area contributed by atoms with Crippen molar-refractivity contribution in [2.45, 2.75) is 57.5 Å². The van der Waals surface area contributed by atoms with Crippen LogP contribution in [0.2, 0.25) is 0 Å². The first kappa shape index (κ1) is 23.8. The van der Waals surface area contributed by atoms with Crippen LogP contribution in [0.4, 0.5) is 9.59 Å². The summed E-state index contributed by atoms with van der Waals surface area (Å²) in [7, 11) is 3.59. The van der Waals surface area contributed by atoms with Crippen molar-refractivity contribution in [3.63, 3.8) is 0 Å². The van der Waals surface area contributed by atoms with E-state index in [4.69, 9.17) is 14.2 Å². The van der Waals surface area contributed by atoms with E-state index in [0.717, 1.165) is 34.9 Å². The second kappa shape index (κ2) is 9.77. The van der Waals surface area contributed by atoms with Crippen LogP contribution >= 0.6 is 0 Å². The topological polar surface area (TPSA) is 97.4 Å². The van der Waals surface area contributed by atoms with Crippen molar-refractivity contribution in [2.24, 2.45) is 0 Å². The molecule has 1 saturated carbocycles. The average molecular weight is 448 g/mol. The summed E-state index contributed by atoms with van der Waals surface area (Å²) in [4.78, 5) is 40.4. The molecule has 0 spiro atoms. The number of rotatable bonds is 5. The van der Waals surface area contributed by atoms with Gasteiger partial charge in [0.05, 0.1) is 20.3 Å². The molecule has 1 unspecified atom stereocenters. The lowest BCUT2D eigenvalue weighted by atomic mass is 9.63. The Bertz CT molecular complexity index is 875. The van der Waals surface area contributed by atoms with Gasteiger partial charge in [-0.05, 0) is 64.4 Å². The smallest absolute Gasteiger partial charge is 0.429 e. The Morgan fingerprint density at radius 1 is 1.22 bits per heavy atom. The number of hydrazine groups is 1. The Morgan fingerprint density at radius 3 is 2.56 bits per heavy atom. The highest BCUT2D eigenvalue weighted by atomic mass is 16.6. The second-order valence-electron chi connectivity index (χ2n) is 8.33. The molecule has 0 bridgehead atoms. The number of likely N-dealkylation sites (N-methyl/N-ethyl adjacent to an activating group) is 1. The maximum atomic E-state index is 13.2. The van der Waals surface area contributed by atoms with Gasteiger partial charge < -0.3 is 14.2 Å². The highest BCUT2D eigenvalue weighted by molar-refractivity contribution is 5.90. The summed E-state index contributed by atoms with van der Waals surface area (Å²) < 4.78 is 15.6. The summed E-state index contributed by atoms with van der Waals surface area (Å²) in [5.41, 5.74) is 4.22. The number of hydrogen-bond acceptors (Lipinski definition) is 7. The zero-order valence-electron chi connectivity index (χ0n) is 19.5. The molecule has 1 aliphatic carbocycles. The number of carbonyl (C=O) groups excluding carboxylic acids is 3. The van der Waals surface area contributed by atoms with Crippen LogP contribution in [-0.4, -0.2) is 73.9 Å². The van der Waals surface area contributed by atoms with Crippen LogP contribution in [0.25, 0.3) is 0 Å². The molecule has 176 valence electrons. The Balaban J connectivity index is 2.06. The Labute approximate surface area is 188 Å². The Hall–Kier alpha value is -2.81. The van der Waals surface area contributed by atoms with Crippen molar-refractivity contribution in [3.05, 3.63) is 29.3 Å². The van der Waals surface area contributed by atoms with Crippen LogP contribution in [0.5, 0.6) is 5.75 Å². The van der Waals surface area contributed by atoms with Gasteiger partial charge >= 0.3 is 12.2 Å². The molecule has 3 rings (SSSR count). The fourth-order valence-electron chi connectivity index (χ4n) is 5.19. The van der Waals surface area contributed by atoms with Crippen LogP contribution in [0.3, 0.4) is 0 Å². The minimum absolute atomic E-state index is 0.115. The third kappa shape index (κ3) is 4.26. The third-order valence-corrected chi connectivity index (χ3v) is 6.60. The van der Waals surface area contributed by atoms with Crippen molar-refractivity contribution >= 4 is 18.0 Å². The highest BCUT2D eigenvalue weighted by Crippen LogP contribution is 2.49. The molecule has 9 heteroatoms. The molecule has 9 nitrogen and oxygen atoms in total. The van der Waals surface area contributed by atoms with Crippen LogP contribution < -0.4 is 10.2 Å². The number of Topliss-reactive ketones (excluding diaryl/α,β-unsaturated/α-hetero) is 1. The van der Waals surface area contributed by atoms with Crippen LogP contribution in [0.15, 0.2) is 18.2 Å². The van der Waals surface area contributed by atoms with E-state index in [9.17, 15) is 14.4 Å². The second-order valence-corrected chi connectivity index (χ2v) is 8.33. The molecular weight excluding hydrogens is 414 g/mol. The lowest BCUT2D eigenvalue weighted by Crippen LogP contribution is -2.67. The van der Waals surface area contributed by atoms with Crippen molar-refractivity contribution in [1.82, 2.24) is 15.3 Å². The molecule has 1 aromatic carbocycles. The minimum atomic E-state index is -0.901. The molecular formula is C23H33N3O6. The molecule has 2 amide bonds. The lowest BCUT2D eigenvalue weighted by Gasteiger charge is -2.48. The first-order chi connectivity index (χ1) is 15.3. The van der Waals surface area contributed by atoms with Gasteiger partial charge in [0.1, 0.15) is 11.8 Å². The zero-order chi connectivity index (χ0) is 23.5. The number of nitrogens with zero attached hydrogens (tertiary/aromatic N) is 2. The van der Waals surface area contributed by atoms with E-state index in [1.807, 2.05) is 26.1 Å². The van der Waals surface area contributed by atoms with Crippen molar-refractivity contribution in [2.75, 3.05) is 33.9 Å². The number of benzene rings is 1. The molecule has 0 radical (unpaired) electrons. The summed E-state index contributed by atoms with van der Waals surface area (Å²) in [6, 6.07) is 4.86. The van der Waals surface area contributed by atoms with Gasteiger partial charge in [0.2, 0.25) is 0 Å². The molecule has 0 aromatic heterocycles. The average Bonchev–Trinajstić information content (AvgIpc) is 3.10. The normalized spacial score (nSPS) is 25.1. The molecule has 1 heterocycles. The fourth-order valence-corrected chi connectivity index (χ4v) is 5.19. The number of amides is 2. The molecule has 1 aromatic rings. The first-order valence-electron chi connectivity index (χ1n) is 11.1. The molecule has 1 N–H and O–H groups in total. The van der Waals surface area contributed by atoms with E-state index in [0.29, 0.717) is 12.8 Å². The lowest BCUT2D eigenvalue weighted by molar-refractivity contribution is -0.131. The number of methoxy groups -OCH3 is 1. The summed E-state index contributed by atoms with van der Waals surface area (Å²) in [6.45, 7) is 6.35. The molecule has 2 fully saturated rings. The Kier molecular flexibility index (Phi) is 7.28. The molecule has 2 aliphatic rings. The number of fused-ring (bicyclic) bond motifs is 1. The molecule has 3 atom stereocenters. The molecule has 1 saturated heterocycles. The van der Waals surface area contributed by atoms with E-state index in [2.05, 4.69) is 16.4 Å². The summed E-state index contributed by atoms with van der Waals surface area (Å²) in [6.07, 6.45) is 0.214. The molecule has 1 aliphatic heterocycles. The SMILES string of the molecule is CCOC(=O)NN(C(=O)OCC)[C@@H]1C(=O)CCC2(c3ccc(OC)c(C)c3)CCN(C)[C@@H]12. The van der Waals surface area contributed by atoms with Crippen molar-refractivity contribution < 1.29 is 28.6 Å². The summed E-state index contributed by atoms with van der Waals surface area (Å²) in [5, 5.41) is 1.03. The van der Waals surface area contributed by atoms with Crippen molar-refractivity contribution in [3.8, 4) is 5.75 Å². The minimum Gasteiger partial charge on any atom is -0.496 e. The monoisotopic (exact) mass is 447 g/mol. The number of ketones is 1. The predicted octanol–water partition coefficient (Wildman–Crippen LogP) is 2.80. The Morgan fingerprint density at radius 2 is 1.94 bits per heavy atom. The van der Waals surface area contributed by atoms with Gasteiger partial charge in [-0.3, -0.25) is 9.69 Å². The van der Waals surface area contributed by atoms with E-state index < -0.39 is 18.2 Å². The number of aryl methyl sites for hydroxylation is 1. The summed E-state index contributed by atoms with van der Waals surface area (Å²) >= 11 is 0. The van der Waals surface area contributed by atoms with E-state index in [-0.39, 0.29) is 30.5 Å². The van der Waals surface area contributed by atoms with E-state index in [1.165, 1.54) is 0 Å². The maximum absolute atomic E-state index is 13.2. The highest BCUT2D eigenvalue weighted by Gasteiger charge is 2.58. The zero-order valence-corrected chi connectivity index (χ0v) is 19.5. The van der Waals surface area contributed by atoms with E-state index >= 15 is 0 Å². The quantitative estimate of drug-likeness (QED) is 0.693. The van der Waals surface area contributed by atoms with E-state index in [1.54, 1.807) is 21.0 Å². The van der Waals surface area contributed by atoms with Crippen molar-refractivity contribution in [1.29, 1.82) is 0 Å².